The number of hydrogen-bond donors (Lipinski definition) is 2. The Labute approximate surface area is 130 Å². The number of aliphatic carboxylic acids is 1. The van der Waals surface area contributed by atoms with Crippen LogP contribution >= 0.6 is 0 Å². The SMILES string of the molecule is O=C(CS(=O)(=O)C1CCCC1)NCC1(C(=O)O)CCOCC1. The summed E-state index contributed by atoms with van der Waals surface area (Å²) < 4.78 is 29.4. The van der Waals surface area contributed by atoms with Gasteiger partial charge in [0.15, 0.2) is 9.84 Å². The number of nitrogens with one attached hydrogen (secondary N) is 1. The topological polar surface area (TPSA) is 110 Å². The average Bonchev–Trinajstić information content (AvgIpc) is 3.00. The highest BCUT2D eigenvalue weighted by Gasteiger charge is 2.41. The zero-order chi connectivity index (χ0) is 16.2. The molecular weight excluding hydrogens is 310 g/mol. The van der Waals surface area contributed by atoms with Crippen LogP contribution in [0.15, 0.2) is 0 Å². The van der Waals surface area contributed by atoms with Gasteiger partial charge in [-0.15, -0.1) is 0 Å². The maximum atomic E-state index is 12.1. The molecule has 2 aliphatic rings. The molecule has 2 N–H and O–H groups in total. The lowest BCUT2D eigenvalue weighted by atomic mass is 9.80. The summed E-state index contributed by atoms with van der Waals surface area (Å²) >= 11 is 0. The third kappa shape index (κ3) is 3.98. The second-order valence-electron chi connectivity index (χ2n) is 6.19. The first kappa shape index (κ1) is 17.2. The smallest absolute Gasteiger partial charge is 0.311 e. The van der Waals surface area contributed by atoms with Crippen LogP contribution in [0.3, 0.4) is 0 Å². The number of rotatable bonds is 6. The van der Waals surface area contributed by atoms with E-state index in [0.29, 0.717) is 38.9 Å². The molecule has 0 radical (unpaired) electrons. The summed E-state index contributed by atoms with van der Waals surface area (Å²) in [5, 5.41) is 11.5. The van der Waals surface area contributed by atoms with Crippen LogP contribution in [0.5, 0.6) is 0 Å². The molecule has 0 atom stereocenters. The fourth-order valence-corrected chi connectivity index (χ4v) is 4.85. The van der Waals surface area contributed by atoms with Gasteiger partial charge in [-0.25, -0.2) is 8.42 Å². The first-order valence-corrected chi connectivity index (χ1v) is 9.37. The van der Waals surface area contributed by atoms with Gasteiger partial charge in [0.1, 0.15) is 5.75 Å². The van der Waals surface area contributed by atoms with Gasteiger partial charge in [-0.3, -0.25) is 9.59 Å². The molecule has 7 nitrogen and oxygen atoms in total. The van der Waals surface area contributed by atoms with Crippen molar-refractivity contribution in [3.05, 3.63) is 0 Å². The van der Waals surface area contributed by atoms with Gasteiger partial charge in [-0.2, -0.15) is 0 Å². The van der Waals surface area contributed by atoms with Crippen LogP contribution in [0, 0.1) is 5.41 Å². The van der Waals surface area contributed by atoms with Crippen molar-refractivity contribution in [2.75, 3.05) is 25.5 Å². The summed E-state index contributed by atoms with van der Waals surface area (Å²) in [5.41, 5.74) is -1.05. The summed E-state index contributed by atoms with van der Waals surface area (Å²) in [6.07, 6.45) is 3.63. The van der Waals surface area contributed by atoms with E-state index in [9.17, 15) is 23.1 Å². The second kappa shape index (κ2) is 6.95. The molecular formula is C14H23NO6S. The highest BCUT2D eigenvalue weighted by Crippen LogP contribution is 2.30. The summed E-state index contributed by atoms with van der Waals surface area (Å²) in [7, 11) is -3.44. The van der Waals surface area contributed by atoms with E-state index in [2.05, 4.69) is 5.32 Å². The molecule has 1 aliphatic heterocycles. The molecule has 0 aromatic rings. The standard InChI is InChI=1S/C14H23NO6S/c16-12(9-22(19,20)11-3-1-2-4-11)15-10-14(13(17)18)5-7-21-8-6-14/h11H,1-10H2,(H,15,16)(H,17,18). The Morgan fingerprint density at radius 1 is 1.18 bits per heavy atom. The van der Waals surface area contributed by atoms with Crippen molar-refractivity contribution in [1.82, 2.24) is 5.32 Å². The first-order chi connectivity index (χ1) is 10.4. The highest BCUT2D eigenvalue weighted by molar-refractivity contribution is 7.92. The van der Waals surface area contributed by atoms with Gasteiger partial charge >= 0.3 is 5.97 Å². The fourth-order valence-electron chi connectivity index (χ4n) is 3.10. The predicted molar refractivity (Wildman–Crippen MR) is 79.2 cm³/mol. The Morgan fingerprint density at radius 3 is 2.32 bits per heavy atom. The Hall–Kier alpha value is -1.15. The van der Waals surface area contributed by atoms with E-state index in [0.717, 1.165) is 12.8 Å². The van der Waals surface area contributed by atoms with E-state index in [4.69, 9.17) is 4.74 Å². The molecule has 2 fully saturated rings. The molecule has 22 heavy (non-hydrogen) atoms. The van der Waals surface area contributed by atoms with Gasteiger partial charge in [0.25, 0.3) is 0 Å². The lowest BCUT2D eigenvalue weighted by molar-refractivity contribution is -0.154. The monoisotopic (exact) mass is 333 g/mol. The lowest BCUT2D eigenvalue weighted by Crippen LogP contribution is -2.47. The van der Waals surface area contributed by atoms with Crippen LogP contribution in [0.1, 0.15) is 38.5 Å². The van der Waals surface area contributed by atoms with Crippen LogP contribution in [0.25, 0.3) is 0 Å². The van der Waals surface area contributed by atoms with Gasteiger partial charge in [-0.1, -0.05) is 12.8 Å². The van der Waals surface area contributed by atoms with Crippen molar-refractivity contribution in [3.63, 3.8) is 0 Å². The summed E-state index contributed by atoms with van der Waals surface area (Å²) in [5.74, 6) is -2.14. The number of carboxylic acid groups (broad SMARTS) is 1. The minimum absolute atomic E-state index is 0.0509. The van der Waals surface area contributed by atoms with E-state index in [-0.39, 0.29) is 6.54 Å². The number of amides is 1. The lowest BCUT2D eigenvalue weighted by Gasteiger charge is -2.33. The molecule has 1 heterocycles. The van der Waals surface area contributed by atoms with Crippen molar-refractivity contribution in [2.24, 2.45) is 5.41 Å². The average molecular weight is 333 g/mol. The molecule has 1 saturated heterocycles. The number of carbonyl (C=O) groups excluding carboxylic acids is 1. The summed E-state index contributed by atoms with van der Waals surface area (Å²) in [6.45, 7) is 0.621. The zero-order valence-corrected chi connectivity index (χ0v) is 13.4. The Bertz CT molecular complexity index is 517. The van der Waals surface area contributed by atoms with Gasteiger partial charge < -0.3 is 15.2 Å². The van der Waals surface area contributed by atoms with E-state index >= 15 is 0 Å². The molecule has 126 valence electrons. The molecule has 0 unspecified atom stereocenters. The van der Waals surface area contributed by atoms with Crippen LogP contribution in [-0.2, 0) is 24.2 Å². The predicted octanol–water partition coefficient (Wildman–Crippen LogP) is 0.341. The van der Waals surface area contributed by atoms with Crippen molar-refractivity contribution in [2.45, 2.75) is 43.8 Å². The molecule has 0 aromatic carbocycles. The largest absolute Gasteiger partial charge is 0.481 e. The van der Waals surface area contributed by atoms with Gasteiger partial charge in [0.05, 0.1) is 10.7 Å². The Balaban J connectivity index is 1.90. The zero-order valence-electron chi connectivity index (χ0n) is 12.5. The normalized spacial score (nSPS) is 22.4. The fraction of sp³-hybridized carbons (Fsp3) is 0.857. The van der Waals surface area contributed by atoms with E-state index < -0.39 is 38.1 Å². The van der Waals surface area contributed by atoms with Crippen LogP contribution < -0.4 is 5.32 Å². The maximum Gasteiger partial charge on any atom is 0.311 e. The van der Waals surface area contributed by atoms with E-state index in [1.165, 1.54) is 0 Å². The molecule has 8 heteroatoms. The van der Waals surface area contributed by atoms with Gasteiger partial charge in [0.2, 0.25) is 5.91 Å². The van der Waals surface area contributed by atoms with Crippen LogP contribution in [0.2, 0.25) is 0 Å². The second-order valence-corrected chi connectivity index (χ2v) is 8.47. The number of ether oxygens (including phenoxy) is 1. The van der Waals surface area contributed by atoms with Crippen LogP contribution in [-0.4, -0.2) is 56.2 Å². The minimum atomic E-state index is -3.44. The molecule has 0 spiro atoms. The number of carboxylic acids is 1. The first-order valence-electron chi connectivity index (χ1n) is 7.65. The molecule has 1 amide bonds. The third-order valence-electron chi connectivity index (χ3n) is 4.67. The Kier molecular flexibility index (Phi) is 5.44. The van der Waals surface area contributed by atoms with E-state index in [1.807, 2.05) is 0 Å². The third-order valence-corrected chi connectivity index (χ3v) is 6.82. The summed E-state index contributed by atoms with van der Waals surface area (Å²) in [4.78, 5) is 23.4. The molecule has 1 aliphatic carbocycles. The molecule has 2 rings (SSSR count). The van der Waals surface area contributed by atoms with Crippen molar-refractivity contribution in [3.8, 4) is 0 Å². The minimum Gasteiger partial charge on any atom is -0.481 e. The molecule has 0 bridgehead atoms. The van der Waals surface area contributed by atoms with Gasteiger partial charge in [-0.05, 0) is 25.7 Å². The Morgan fingerprint density at radius 2 is 1.77 bits per heavy atom. The number of carbonyl (C=O) groups is 2. The van der Waals surface area contributed by atoms with Crippen molar-refractivity contribution >= 4 is 21.7 Å². The van der Waals surface area contributed by atoms with Crippen LogP contribution in [0.4, 0.5) is 0 Å². The maximum absolute atomic E-state index is 12.1. The van der Waals surface area contributed by atoms with E-state index in [1.54, 1.807) is 0 Å². The quantitative estimate of drug-likeness (QED) is 0.725. The summed E-state index contributed by atoms with van der Waals surface area (Å²) in [6, 6.07) is 0. The number of hydrogen-bond acceptors (Lipinski definition) is 5. The highest BCUT2D eigenvalue weighted by atomic mass is 32.2. The van der Waals surface area contributed by atoms with Crippen molar-refractivity contribution < 1.29 is 27.9 Å². The van der Waals surface area contributed by atoms with Gasteiger partial charge in [0, 0.05) is 19.8 Å². The van der Waals surface area contributed by atoms with Crippen molar-refractivity contribution in [1.29, 1.82) is 0 Å². The molecule has 0 aromatic heterocycles. The molecule has 1 saturated carbocycles. The number of sulfone groups is 1.